The molecule has 2 aliphatic heterocycles. The van der Waals surface area contributed by atoms with Crippen molar-refractivity contribution >= 4 is 28.5 Å². The van der Waals surface area contributed by atoms with Crippen LogP contribution in [-0.2, 0) is 0 Å². The molecule has 156 valence electrons. The van der Waals surface area contributed by atoms with Crippen molar-refractivity contribution in [2.75, 3.05) is 31.1 Å². The molecule has 0 saturated carbocycles. The zero-order chi connectivity index (χ0) is 20.5. The highest BCUT2D eigenvalue weighted by Crippen LogP contribution is 2.33. The van der Waals surface area contributed by atoms with Crippen molar-refractivity contribution in [3.05, 3.63) is 47.1 Å². The van der Waals surface area contributed by atoms with Crippen LogP contribution < -0.4 is 4.90 Å². The van der Waals surface area contributed by atoms with Gasteiger partial charge in [0, 0.05) is 30.4 Å². The quantitative estimate of drug-likeness (QED) is 0.588. The Morgan fingerprint density at radius 3 is 2.43 bits per heavy atom. The number of halogens is 1. The molecule has 2 fully saturated rings. The molecule has 0 N–H and O–H groups in total. The normalized spacial score (nSPS) is 18.8. The van der Waals surface area contributed by atoms with E-state index in [0.717, 1.165) is 51.9 Å². The van der Waals surface area contributed by atoms with Crippen molar-refractivity contribution in [1.29, 1.82) is 0 Å². The van der Waals surface area contributed by atoms with Gasteiger partial charge in [0.1, 0.15) is 5.69 Å². The minimum absolute atomic E-state index is 0.699. The first-order valence-electron chi connectivity index (χ1n) is 11.1. The average Bonchev–Trinajstić information content (AvgIpc) is 2.80. The lowest BCUT2D eigenvalue weighted by Crippen LogP contribution is -2.47. The zero-order valence-electron chi connectivity index (χ0n) is 17.5. The van der Waals surface area contributed by atoms with Crippen molar-refractivity contribution in [1.82, 2.24) is 19.9 Å². The van der Waals surface area contributed by atoms with E-state index in [1.54, 1.807) is 0 Å². The standard InChI is InChI=1S/C24H28ClN5/c1-17-15-21-22(16-19(17)25)28-24(23(27-21)20-7-3-4-10-26-20)30-13-8-18(9-14-30)29-11-5-2-6-12-29/h3-4,7,10,15-16,18H,2,5-6,8-9,11-14H2,1H3. The van der Waals surface area contributed by atoms with Gasteiger partial charge in [-0.25, -0.2) is 9.97 Å². The summed E-state index contributed by atoms with van der Waals surface area (Å²) < 4.78 is 0. The molecule has 0 bridgehead atoms. The van der Waals surface area contributed by atoms with E-state index < -0.39 is 0 Å². The largest absolute Gasteiger partial charge is 0.355 e. The summed E-state index contributed by atoms with van der Waals surface area (Å²) in [7, 11) is 0. The van der Waals surface area contributed by atoms with Crippen molar-refractivity contribution < 1.29 is 0 Å². The highest BCUT2D eigenvalue weighted by Gasteiger charge is 2.28. The molecule has 2 aliphatic rings. The smallest absolute Gasteiger partial charge is 0.157 e. The maximum atomic E-state index is 6.39. The van der Waals surface area contributed by atoms with Crippen molar-refractivity contribution in [3.8, 4) is 11.4 Å². The minimum Gasteiger partial charge on any atom is -0.355 e. The molecule has 2 saturated heterocycles. The fraction of sp³-hybridized carbons (Fsp3) is 0.458. The Morgan fingerprint density at radius 2 is 1.70 bits per heavy atom. The first kappa shape index (κ1) is 19.7. The van der Waals surface area contributed by atoms with Crippen LogP contribution in [0.25, 0.3) is 22.4 Å². The fourth-order valence-corrected chi connectivity index (χ4v) is 4.95. The lowest BCUT2D eigenvalue weighted by molar-refractivity contribution is 0.141. The number of hydrogen-bond donors (Lipinski definition) is 0. The summed E-state index contributed by atoms with van der Waals surface area (Å²) in [6.07, 6.45) is 8.25. The SMILES string of the molecule is Cc1cc2nc(-c3ccccn3)c(N3CCC(N4CCCCC4)CC3)nc2cc1Cl. The number of rotatable bonds is 3. The summed E-state index contributed by atoms with van der Waals surface area (Å²) in [5.41, 5.74) is 4.46. The molecule has 5 rings (SSSR count). The lowest BCUT2D eigenvalue weighted by Gasteiger charge is -2.40. The first-order valence-corrected chi connectivity index (χ1v) is 11.4. The van der Waals surface area contributed by atoms with Crippen LogP contribution in [-0.4, -0.2) is 52.1 Å². The van der Waals surface area contributed by atoms with Crippen molar-refractivity contribution in [2.24, 2.45) is 0 Å². The molecule has 4 heterocycles. The molecule has 1 aromatic carbocycles. The Bertz CT molecular complexity index is 1020. The number of nitrogens with zero attached hydrogens (tertiary/aromatic N) is 5. The second kappa shape index (κ2) is 8.48. The van der Waals surface area contributed by atoms with Crippen LogP contribution in [0, 0.1) is 6.92 Å². The predicted octanol–water partition coefficient (Wildman–Crippen LogP) is 5.11. The summed E-state index contributed by atoms with van der Waals surface area (Å²) in [5, 5.41) is 0.733. The molecule has 0 spiro atoms. The van der Waals surface area contributed by atoms with E-state index in [1.165, 1.54) is 45.2 Å². The van der Waals surface area contributed by atoms with E-state index in [9.17, 15) is 0 Å². The van der Waals surface area contributed by atoms with Gasteiger partial charge in [-0.1, -0.05) is 24.1 Å². The highest BCUT2D eigenvalue weighted by atomic mass is 35.5. The van der Waals surface area contributed by atoms with Crippen LogP contribution in [0.4, 0.5) is 5.82 Å². The van der Waals surface area contributed by atoms with Crippen LogP contribution in [0.2, 0.25) is 5.02 Å². The number of pyridine rings is 1. The van der Waals surface area contributed by atoms with Gasteiger partial charge in [-0.05, 0) is 75.5 Å². The number of aromatic nitrogens is 3. The Balaban J connectivity index is 1.49. The van der Waals surface area contributed by atoms with Crippen LogP contribution >= 0.6 is 11.6 Å². The molecular formula is C24H28ClN5. The van der Waals surface area contributed by atoms with E-state index in [2.05, 4.69) is 14.8 Å². The molecule has 5 nitrogen and oxygen atoms in total. The summed E-state index contributed by atoms with van der Waals surface area (Å²) in [4.78, 5) is 19.7. The topological polar surface area (TPSA) is 45.2 Å². The second-order valence-corrected chi connectivity index (χ2v) is 8.92. The monoisotopic (exact) mass is 421 g/mol. The third-order valence-electron chi connectivity index (χ3n) is 6.50. The molecule has 0 aliphatic carbocycles. The third-order valence-corrected chi connectivity index (χ3v) is 6.91. The molecule has 0 radical (unpaired) electrons. The minimum atomic E-state index is 0.699. The van der Waals surface area contributed by atoms with Gasteiger partial charge >= 0.3 is 0 Å². The van der Waals surface area contributed by atoms with Gasteiger partial charge in [-0.2, -0.15) is 0 Å². The number of piperidine rings is 2. The van der Waals surface area contributed by atoms with Crippen molar-refractivity contribution in [3.63, 3.8) is 0 Å². The predicted molar refractivity (Wildman–Crippen MR) is 123 cm³/mol. The Morgan fingerprint density at radius 1 is 0.933 bits per heavy atom. The Kier molecular flexibility index (Phi) is 5.57. The molecule has 0 amide bonds. The van der Waals surface area contributed by atoms with Gasteiger partial charge in [0.2, 0.25) is 0 Å². The molecule has 3 aromatic rings. The lowest BCUT2D eigenvalue weighted by atomic mass is 9.99. The summed E-state index contributed by atoms with van der Waals surface area (Å²) in [6.45, 7) is 6.53. The zero-order valence-corrected chi connectivity index (χ0v) is 18.3. The summed E-state index contributed by atoms with van der Waals surface area (Å²) in [6, 6.07) is 10.6. The first-order chi connectivity index (χ1) is 14.7. The highest BCUT2D eigenvalue weighted by molar-refractivity contribution is 6.32. The number of anilines is 1. The Hall–Kier alpha value is -2.24. The fourth-order valence-electron chi connectivity index (χ4n) is 4.79. The number of fused-ring (bicyclic) bond motifs is 1. The van der Waals surface area contributed by atoms with Crippen molar-refractivity contribution in [2.45, 2.75) is 45.1 Å². The van der Waals surface area contributed by atoms with Gasteiger partial charge in [0.05, 0.1) is 16.7 Å². The van der Waals surface area contributed by atoms with E-state index in [1.807, 2.05) is 43.5 Å². The maximum Gasteiger partial charge on any atom is 0.157 e. The second-order valence-electron chi connectivity index (χ2n) is 8.52. The summed E-state index contributed by atoms with van der Waals surface area (Å²) >= 11 is 6.39. The molecule has 0 unspecified atom stereocenters. The van der Waals surface area contributed by atoms with Crippen LogP contribution in [0.1, 0.15) is 37.7 Å². The van der Waals surface area contributed by atoms with Gasteiger partial charge in [-0.15, -0.1) is 0 Å². The number of aryl methyl sites for hydroxylation is 1. The van der Waals surface area contributed by atoms with Crippen LogP contribution in [0.3, 0.4) is 0 Å². The van der Waals surface area contributed by atoms with E-state index in [0.29, 0.717) is 6.04 Å². The van der Waals surface area contributed by atoms with Crippen LogP contribution in [0.15, 0.2) is 36.5 Å². The molecule has 2 aromatic heterocycles. The van der Waals surface area contributed by atoms with Gasteiger partial charge in [0.15, 0.2) is 5.82 Å². The number of hydrogen-bond acceptors (Lipinski definition) is 5. The molecule has 30 heavy (non-hydrogen) atoms. The third kappa shape index (κ3) is 3.88. The Labute approximate surface area is 183 Å². The number of benzene rings is 1. The number of likely N-dealkylation sites (tertiary alicyclic amines) is 1. The molecular weight excluding hydrogens is 394 g/mol. The molecule has 0 atom stereocenters. The average molecular weight is 422 g/mol. The van der Waals surface area contributed by atoms with Gasteiger partial charge in [0.25, 0.3) is 0 Å². The van der Waals surface area contributed by atoms with Gasteiger partial charge < -0.3 is 9.80 Å². The maximum absolute atomic E-state index is 6.39. The van der Waals surface area contributed by atoms with E-state index in [-0.39, 0.29) is 0 Å². The van der Waals surface area contributed by atoms with Gasteiger partial charge in [-0.3, -0.25) is 4.98 Å². The summed E-state index contributed by atoms with van der Waals surface area (Å²) in [5.74, 6) is 0.929. The molecule has 6 heteroatoms. The van der Waals surface area contributed by atoms with E-state index in [4.69, 9.17) is 21.6 Å². The van der Waals surface area contributed by atoms with E-state index >= 15 is 0 Å². The van der Waals surface area contributed by atoms with Crippen LogP contribution in [0.5, 0.6) is 0 Å².